The quantitative estimate of drug-likeness (QED) is 0.881. The molecule has 1 aliphatic heterocycles. The fourth-order valence-electron chi connectivity index (χ4n) is 2.98. The summed E-state index contributed by atoms with van der Waals surface area (Å²) in [6, 6.07) is 8.68. The number of para-hydroxylation sites is 2. The second-order valence-electron chi connectivity index (χ2n) is 5.02. The number of aromatic nitrogens is 2. The second kappa shape index (κ2) is 4.61. The molecule has 0 amide bonds. The summed E-state index contributed by atoms with van der Waals surface area (Å²) < 4.78 is 2.22. The van der Waals surface area contributed by atoms with Crippen LogP contribution in [-0.2, 0) is 0 Å². The Bertz CT molecular complexity index is 546. The predicted octanol–water partition coefficient (Wildman–Crippen LogP) is 2.28. The molecule has 1 aromatic carbocycles. The molecule has 1 fully saturated rings. The van der Waals surface area contributed by atoms with Crippen LogP contribution in [0.4, 0.5) is 5.95 Å². The van der Waals surface area contributed by atoms with Crippen LogP contribution >= 0.6 is 0 Å². The van der Waals surface area contributed by atoms with Crippen molar-refractivity contribution in [3.05, 3.63) is 24.3 Å². The monoisotopic (exact) mass is 244 g/mol. The van der Waals surface area contributed by atoms with E-state index in [0.29, 0.717) is 12.0 Å². The highest BCUT2D eigenvalue weighted by molar-refractivity contribution is 5.78. The van der Waals surface area contributed by atoms with Gasteiger partial charge in [0.1, 0.15) is 0 Å². The van der Waals surface area contributed by atoms with Crippen molar-refractivity contribution in [1.82, 2.24) is 14.5 Å². The summed E-state index contributed by atoms with van der Waals surface area (Å²) in [4.78, 5) is 6.95. The van der Waals surface area contributed by atoms with Crippen LogP contribution in [-0.4, -0.2) is 34.1 Å². The van der Waals surface area contributed by atoms with Gasteiger partial charge in [0.25, 0.3) is 0 Å². The Morgan fingerprint density at radius 1 is 1.39 bits per heavy atom. The highest BCUT2D eigenvalue weighted by Crippen LogP contribution is 2.28. The lowest BCUT2D eigenvalue weighted by atomic mass is 10.1. The van der Waals surface area contributed by atoms with Gasteiger partial charge in [0.05, 0.1) is 11.0 Å². The van der Waals surface area contributed by atoms with Crippen LogP contribution in [0.2, 0.25) is 0 Å². The van der Waals surface area contributed by atoms with E-state index in [1.54, 1.807) is 0 Å². The van der Waals surface area contributed by atoms with Crippen LogP contribution in [0.5, 0.6) is 0 Å². The minimum Gasteiger partial charge on any atom is -0.369 e. The second-order valence-corrected chi connectivity index (χ2v) is 5.02. The highest BCUT2D eigenvalue weighted by Gasteiger charge is 2.23. The van der Waals surface area contributed by atoms with E-state index in [9.17, 15) is 0 Å². The number of likely N-dealkylation sites (tertiary alicyclic amines) is 1. The van der Waals surface area contributed by atoms with Gasteiger partial charge in [-0.05, 0) is 38.1 Å². The highest BCUT2D eigenvalue weighted by atomic mass is 15.2. The molecule has 18 heavy (non-hydrogen) atoms. The summed E-state index contributed by atoms with van der Waals surface area (Å²) in [6.07, 6.45) is 2.44. The van der Waals surface area contributed by atoms with Gasteiger partial charge in [-0.2, -0.15) is 0 Å². The first-order valence-corrected chi connectivity index (χ1v) is 6.74. The Morgan fingerprint density at radius 3 is 3.06 bits per heavy atom. The van der Waals surface area contributed by atoms with E-state index >= 15 is 0 Å². The zero-order valence-electron chi connectivity index (χ0n) is 10.8. The number of imidazole rings is 1. The van der Waals surface area contributed by atoms with Crippen LogP contribution in [0.15, 0.2) is 24.3 Å². The van der Waals surface area contributed by atoms with Crippen LogP contribution in [0.1, 0.15) is 25.8 Å². The maximum absolute atomic E-state index is 6.10. The Labute approximate surface area is 107 Å². The van der Waals surface area contributed by atoms with Gasteiger partial charge in [0, 0.05) is 12.6 Å². The number of likely N-dealkylation sites (N-methyl/N-ethyl adjacent to an activating group) is 1. The predicted molar refractivity (Wildman–Crippen MR) is 74.5 cm³/mol. The number of benzene rings is 1. The molecule has 1 aromatic heterocycles. The van der Waals surface area contributed by atoms with Crippen molar-refractivity contribution < 1.29 is 0 Å². The summed E-state index contributed by atoms with van der Waals surface area (Å²) in [5.74, 6) is 0.652. The molecular weight excluding hydrogens is 224 g/mol. The Balaban J connectivity index is 2.00. The van der Waals surface area contributed by atoms with Gasteiger partial charge in [-0.3, -0.25) is 0 Å². The van der Waals surface area contributed by atoms with Gasteiger partial charge in [0.15, 0.2) is 0 Å². The number of nitrogens with zero attached hydrogens (tertiary/aromatic N) is 3. The van der Waals surface area contributed by atoms with Crippen LogP contribution < -0.4 is 5.73 Å². The van der Waals surface area contributed by atoms with E-state index in [1.807, 2.05) is 12.1 Å². The fourth-order valence-corrected chi connectivity index (χ4v) is 2.98. The minimum absolute atomic E-state index is 0.464. The molecule has 0 aliphatic carbocycles. The third kappa shape index (κ3) is 1.86. The van der Waals surface area contributed by atoms with Crippen molar-refractivity contribution in [3.63, 3.8) is 0 Å². The molecule has 0 spiro atoms. The van der Waals surface area contributed by atoms with E-state index < -0.39 is 0 Å². The first kappa shape index (κ1) is 11.5. The number of rotatable bonds is 2. The molecule has 2 N–H and O–H groups in total. The van der Waals surface area contributed by atoms with Crippen molar-refractivity contribution in [2.24, 2.45) is 0 Å². The summed E-state index contributed by atoms with van der Waals surface area (Å²) in [5.41, 5.74) is 8.27. The van der Waals surface area contributed by atoms with Gasteiger partial charge in [-0.25, -0.2) is 4.98 Å². The molecule has 1 atom stereocenters. The molecule has 0 radical (unpaired) electrons. The third-order valence-corrected chi connectivity index (χ3v) is 3.92. The average molecular weight is 244 g/mol. The molecule has 0 saturated carbocycles. The topological polar surface area (TPSA) is 47.1 Å². The van der Waals surface area contributed by atoms with Gasteiger partial charge >= 0.3 is 0 Å². The summed E-state index contributed by atoms with van der Waals surface area (Å²) in [5, 5.41) is 0. The molecule has 2 aromatic rings. The zero-order valence-corrected chi connectivity index (χ0v) is 10.8. The molecule has 96 valence electrons. The first-order valence-electron chi connectivity index (χ1n) is 6.74. The third-order valence-electron chi connectivity index (χ3n) is 3.92. The largest absolute Gasteiger partial charge is 0.369 e. The zero-order chi connectivity index (χ0) is 12.5. The molecule has 3 rings (SSSR count). The van der Waals surface area contributed by atoms with Crippen molar-refractivity contribution >= 4 is 17.0 Å². The normalized spacial score (nSPS) is 21.5. The molecule has 1 unspecified atom stereocenters. The van der Waals surface area contributed by atoms with Gasteiger partial charge in [-0.1, -0.05) is 19.1 Å². The fraction of sp³-hybridized carbons (Fsp3) is 0.500. The van der Waals surface area contributed by atoms with E-state index in [4.69, 9.17) is 5.73 Å². The summed E-state index contributed by atoms with van der Waals surface area (Å²) >= 11 is 0. The van der Waals surface area contributed by atoms with Gasteiger partial charge < -0.3 is 15.2 Å². The van der Waals surface area contributed by atoms with Crippen molar-refractivity contribution in [2.45, 2.75) is 25.8 Å². The Hall–Kier alpha value is -1.55. The first-order chi connectivity index (χ1) is 8.79. The van der Waals surface area contributed by atoms with E-state index in [1.165, 1.54) is 19.4 Å². The lowest BCUT2D eigenvalue weighted by Gasteiger charge is -2.33. The number of anilines is 1. The number of nitrogens with two attached hydrogens (primary N) is 1. The smallest absolute Gasteiger partial charge is 0.201 e. The number of nitrogen functional groups attached to an aromatic ring is 1. The molecule has 1 aliphatic rings. The van der Waals surface area contributed by atoms with E-state index in [2.05, 4.69) is 33.5 Å². The lowest BCUT2D eigenvalue weighted by molar-refractivity contribution is 0.188. The van der Waals surface area contributed by atoms with Crippen LogP contribution in [0.3, 0.4) is 0 Å². The Morgan fingerprint density at radius 2 is 2.22 bits per heavy atom. The van der Waals surface area contributed by atoms with Gasteiger partial charge in [0.2, 0.25) is 5.95 Å². The minimum atomic E-state index is 0.464. The van der Waals surface area contributed by atoms with Crippen molar-refractivity contribution in [3.8, 4) is 0 Å². The van der Waals surface area contributed by atoms with Crippen molar-refractivity contribution in [1.29, 1.82) is 0 Å². The van der Waals surface area contributed by atoms with Crippen LogP contribution in [0.25, 0.3) is 11.0 Å². The lowest BCUT2D eigenvalue weighted by Crippen LogP contribution is -2.36. The van der Waals surface area contributed by atoms with Crippen molar-refractivity contribution in [2.75, 3.05) is 25.4 Å². The molecule has 0 bridgehead atoms. The van der Waals surface area contributed by atoms with E-state index in [-0.39, 0.29) is 0 Å². The molecular formula is C14H20N4. The molecule has 4 nitrogen and oxygen atoms in total. The molecule has 4 heteroatoms. The SMILES string of the molecule is CCN1CCCC(n2c(N)nc3ccccc32)C1. The standard InChI is InChI=1S/C14H20N4/c1-2-17-9-5-6-11(10-17)18-13-8-4-3-7-12(13)16-14(18)15/h3-4,7-8,11H,2,5-6,9-10H2,1H3,(H2,15,16). The molecule has 1 saturated heterocycles. The maximum atomic E-state index is 6.10. The maximum Gasteiger partial charge on any atom is 0.201 e. The Kier molecular flexibility index (Phi) is 2.96. The van der Waals surface area contributed by atoms with E-state index in [0.717, 1.165) is 24.1 Å². The summed E-state index contributed by atoms with van der Waals surface area (Å²) in [6.45, 7) is 5.63. The number of hydrogen-bond acceptors (Lipinski definition) is 3. The average Bonchev–Trinajstić information content (AvgIpc) is 2.74. The summed E-state index contributed by atoms with van der Waals surface area (Å²) in [7, 11) is 0. The number of fused-ring (bicyclic) bond motifs is 1. The van der Waals surface area contributed by atoms with Gasteiger partial charge in [-0.15, -0.1) is 0 Å². The van der Waals surface area contributed by atoms with Crippen LogP contribution in [0, 0.1) is 0 Å². The molecule has 2 heterocycles. The number of hydrogen-bond donors (Lipinski definition) is 1. The number of piperidine rings is 1.